The van der Waals surface area contributed by atoms with E-state index in [1.165, 1.54) is 12.3 Å². The molecule has 0 radical (unpaired) electrons. The van der Waals surface area contributed by atoms with Crippen molar-refractivity contribution in [2.24, 2.45) is 5.16 Å². The van der Waals surface area contributed by atoms with Crippen LogP contribution in [0.5, 0.6) is 0 Å². The standard InChI is InChI=1S/C23H18Cl3N3O2/c1-15(29-31-14-12-21(24)25)16-8-10-17(11-9-16)18-5-2-3-7-20(18)28-23(30)19-6-4-13-27-22(19)26/h2-13H,14H2,1H3,(H,28,30)/b29-15-. The van der Waals surface area contributed by atoms with E-state index in [1.807, 2.05) is 55.5 Å². The highest BCUT2D eigenvalue weighted by Crippen LogP contribution is 2.29. The van der Waals surface area contributed by atoms with Crippen molar-refractivity contribution in [1.82, 2.24) is 4.98 Å². The first-order valence-corrected chi connectivity index (χ1v) is 10.4. The summed E-state index contributed by atoms with van der Waals surface area (Å²) in [5.41, 5.74) is 4.38. The number of hydrogen-bond donors (Lipinski definition) is 1. The Morgan fingerprint density at radius 1 is 1.10 bits per heavy atom. The van der Waals surface area contributed by atoms with Crippen LogP contribution in [-0.2, 0) is 4.84 Å². The van der Waals surface area contributed by atoms with Crippen molar-refractivity contribution in [3.8, 4) is 11.1 Å². The molecule has 0 spiro atoms. The number of halogens is 3. The SMILES string of the molecule is C/C(=N/OCC=C(Cl)Cl)c1ccc(-c2ccccc2NC(=O)c2cccnc2Cl)cc1. The van der Waals surface area contributed by atoms with Crippen molar-refractivity contribution in [2.75, 3.05) is 11.9 Å². The van der Waals surface area contributed by atoms with Crippen LogP contribution in [0.1, 0.15) is 22.8 Å². The fourth-order valence-corrected chi connectivity index (χ4v) is 3.10. The monoisotopic (exact) mass is 473 g/mol. The third-order valence-electron chi connectivity index (χ3n) is 4.31. The fraction of sp³-hybridized carbons (Fsp3) is 0.0870. The number of hydrogen-bond acceptors (Lipinski definition) is 4. The number of carbonyl (C=O) groups excluding carboxylic acids is 1. The Hall–Kier alpha value is -2.86. The average Bonchev–Trinajstić information content (AvgIpc) is 2.77. The average molecular weight is 475 g/mol. The van der Waals surface area contributed by atoms with E-state index < -0.39 is 0 Å². The molecule has 0 aliphatic rings. The molecule has 2 aromatic carbocycles. The Morgan fingerprint density at radius 2 is 1.84 bits per heavy atom. The quantitative estimate of drug-likeness (QED) is 0.179. The van der Waals surface area contributed by atoms with Crippen LogP contribution in [0, 0.1) is 0 Å². The van der Waals surface area contributed by atoms with Gasteiger partial charge in [0.15, 0.2) is 0 Å². The molecule has 0 saturated carbocycles. The van der Waals surface area contributed by atoms with Gasteiger partial charge >= 0.3 is 0 Å². The Bertz CT molecular complexity index is 1120. The van der Waals surface area contributed by atoms with Gasteiger partial charge in [-0.05, 0) is 42.3 Å². The van der Waals surface area contributed by atoms with Crippen molar-refractivity contribution in [1.29, 1.82) is 0 Å². The number of anilines is 1. The summed E-state index contributed by atoms with van der Waals surface area (Å²) in [5.74, 6) is -0.326. The molecule has 0 aliphatic carbocycles. The molecular formula is C23H18Cl3N3O2. The van der Waals surface area contributed by atoms with Gasteiger partial charge in [-0.2, -0.15) is 0 Å². The van der Waals surface area contributed by atoms with Crippen LogP contribution in [0.3, 0.4) is 0 Å². The summed E-state index contributed by atoms with van der Waals surface area (Å²) in [5, 5.41) is 7.11. The van der Waals surface area contributed by atoms with Crippen LogP contribution in [0.4, 0.5) is 5.69 Å². The van der Waals surface area contributed by atoms with E-state index in [9.17, 15) is 4.79 Å². The lowest BCUT2D eigenvalue weighted by molar-refractivity contribution is 0.102. The highest BCUT2D eigenvalue weighted by Gasteiger charge is 2.13. The molecule has 0 bridgehead atoms. The molecule has 158 valence electrons. The van der Waals surface area contributed by atoms with E-state index in [0.29, 0.717) is 17.0 Å². The zero-order chi connectivity index (χ0) is 22.2. The highest BCUT2D eigenvalue weighted by atomic mass is 35.5. The minimum atomic E-state index is -0.326. The van der Waals surface area contributed by atoms with E-state index in [1.54, 1.807) is 12.1 Å². The van der Waals surface area contributed by atoms with Gasteiger partial charge in [-0.3, -0.25) is 4.79 Å². The highest BCUT2D eigenvalue weighted by molar-refractivity contribution is 6.55. The van der Waals surface area contributed by atoms with Gasteiger partial charge in [0.05, 0.1) is 11.3 Å². The molecule has 5 nitrogen and oxygen atoms in total. The Morgan fingerprint density at radius 3 is 2.55 bits per heavy atom. The number of oxime groups is 1. The zero-order valence-electron chi connectivity index (χ0n) is 16.5. The van der Waals surface area contributed by atoms with Crippen LogP contribution in [0.25, 0.3) is 11.1 Å². The first-order chi connectivity index (χ1) is 15.0. The van der Waals surface area contributed by atoms with Crippen LogP contribution in [-0.4, -0.2) is 23.2 Å². The second-order valence-corrected chi connectivity index (χ2v) is 7.75. The predicted octanol–water partition coefficient (Wildman–Crippen LogP) is 6.71. The first-order valence-electron chi connectivity index (χ1n) is 9.25. The third-order valence-corrected chi connectivity index (χ3v) is 4.92. The zero-order valence-corrected chi connectivity index (χ0v) is 18.7. The van der Waals surface area contributed by atoms with Crippen molar-refractivity contribution in [3.63, 3.8) is 0 Å². The van der Waals surface area contributed by atoms with Crippen LogP contribution in [0.2, 0.25) is 5.15 Å². The molecule has 3 rings (SSSR count). The molecule has 31 heavy (non-hydrogen) atoms. The maximum atomic E-state index is 12.6. The molecule has 1 heterocycles. The molecule has 0 saturated heterocycles. The van der Waals surface area contributed by atoms with Crippen molar-refractivity contribution in [2.45, 2.75) is 6.92 Å². The molecule has 0 atom stereocenters. The number of para-hydroxylation sites is 1. The van der Waals surface area contributed by atoms with Crippen LogP contribution >= 0.6 is 34.8 Å². The lowest BCUT2D eigenvalue weighted by Crippen LogP contribution is -2.13. The van der Waals surface area contributed by atoms with Gasteiger partial charge in [0, 0.05) is 17.4 Å². The Balaban J connectivity index is 1.78. The summed E-state index contributed by atoms with van der Waals surface area (Å²) in [6.45, 7) is 2.03. The molecule has 8 heteroatoms. The minimum absolute atomic E-state index is 0.133. The van der Waals surface area contributed by atoms with Gasteiger partial charge in [0.2, 0.25) is 0 Å². The molecule has 3 aromatic rings. The Kier molecular flexibility index (Phi) is 8.06. The van der Waals surface area contributed by atoms with Crippen LogP contribution in [0.15, 0.2) is 82.6 Å². The number of nitrogens with one attached hydrogen (secondary N) is 1. The van der Waals surface area contributed by atoms with Gasteiger partial charge in [-0.25, -0.2) is 4.98 Å². The van der Waals surface area contributed by atoms with Crippen molar-refractivity contribution >= 4 is 52.1 Å². The molecule has 1 aromatic heterocycles. The summed E-state index contributed by atoms with van der Waals surface area (Å²) in [7, 11) is 0. The fourth-order valence-electron chi connectivity index (χ4n) is 2.77. The summed E-state index contributed by atoms with van der Waals surface area (Å²) >= 11 is 17.1. The second-order valence-electron chi connectivity index (χ2n) is 6.39. The second kappa shape index (κ2) is 11.0. The van der Waals surface area contributed by atoms with Gasteiger partial charge in [-0.1, -0.05) is 82.4 Å². The summed E-state index contributed by atoms with van der Waals surface area (Å²) < 4.78 is 0.133. The van der Waals surface area contributed by atoms with Gasteiger partial charge in [0.25, 0.3) is 5.91 Å². The largest absolute Gasteiger partial charge is 0.391 e. The summed E-state index contributed by atoms with van der Waals surface area (Å²) in [6.07, 6.45) is 3.04. The van der Waals surface area contributed by atoms with Crippen molar-refractivity contribution < 1.29 is 9.63 Å². The van der Waals surface area contributed by atoms with Crippen LogP contribution < -0.4 is 5.32 Å². The molecule has 1 N–H and O–H groups in total. The van der Waals surface area contributed by atoms with E-state index in [0.717, 1.165) is 16.7 Å². The number of benzene rings is 2. The number of carbonyl (C=O) groups is 1. The van der Waals surface area contributed by atoms with Gasteiger partial charge in [-0.15, -0.1) is 0 Å². The minimum Gasteiger partial charge on any atom is -0.391 e. The lowest BCUT2D eigenvalue weighted by atomic mass is 10.0. The number of aromatic nitrogens is 1. The predicted molar refractivity (Wildman–Crippen MR) is 127 cm³/mol. The normalized spacial score (nSPS) is 11.0. The first kappa shape index (κ1) is 22.8. The van der Waals surface area contributed by atoms with E-state index in [-0.39, 0.29) is 22.2 Å². The topological polar surface area (TPSA) is 63.6 Å². The number of rotatable bonds is 7. The molecule has 0 fully saturated rings. The lowest BCUT2D eigenvalue weighted by Gasteiger charge is -2.12. The maximum absolute atomic E-state index is 12.6. The third kappa shape index (κ3) is 6.31. The van der Waals surface area contributed by atoms with E-state index in [2.05, 4.69) is 15.5 Å². The molecular weight excluding hydrogens is 457 g/mol. The number of amides is 1. The molecule has 1 amide bonds. The van der Waals surface area contributed by atoms with Gasteiger partial charge in [0.1, 0.15) is 16.3 Å². The van der Waals surface area contributed by atoms with E-state index in [4.69, 9.17) is 39.6 Å². The smallest absolute Gasteiger partial charge is 0.258 e. The molecule has 0 aliphatic heterocycles. The van der Waals surface area contributed by atoms with Crippen molar-refractivity contribution in [3.05, 3.63) is 93.7 Å². The summed E-state index contributed by atoms with van der Waals surface area (Å²) in [6, 6.07) is 18.6. The number of nitrogens with zero attached hydrogens (tertiary/aromatic N) is 2. The summed E-state index contributed by atoms with van der Waals surface area (Å²) in [4.78, 5) is 21.8. The Labute approximate surface area is 195 Å². The number of pyridine rings is 1. The van der Waals surface area contributed by atoms with E-state index >= 15 is 0 Å². The maximum Gasteiger partial charge on any atom is 0.258 e. The molecule has 0 unspecified atom stereocenters. The van der Waals surface area contributed by atoms with Gasteiger partial charge < -0.3 is 10.2 Å².